The first-order chi connectivity index (χ1) is 11.1. The highest BCUT2D eigenvalue weighted by molar-refractivity contribution is 6.06. The highest BCUT2D eigenvalue weighted by Gasteiger charge is 2.26. The Morgan fingerprint density at radius 1 is 1.39 bits per heavy atom. The van der Waals surface area contributed by atoms with Gasteiger partial charge in [-0.15, -0.1) is 0 Å². The molecule has 0 radical (unpaired) electrons. The van der Waals surface area contributed by atoms with E-state index in [0.29, 0.717) is 34.8 Å². The summed E-state index contributed by atoms with van der Waals surface area (Å²) in [4.78, 5) is 17.1. The van der Waals surface area contributed by atoms with Crippen molar-refractivity contribution in [3.05, 3.63) is 23.0 Å². The van der Waals surface area contributed by atoms with Crippen molar-refractivity contribution in [2.24, 2.45) is 11.7 Å². The number of hydrogen-bond acceptors (Lipinski definition) is 5. The smallest absolute Gasteiger partial charge is 0.258 e. The zero-order valence-corrected chi connectivity index (χ0v) is 13.8. The number of aromatic nitrogens is 2. The van der Waals surface area contributed by atoms with Crippen molar-refractivity contribution in [3.8, 4) is 0 Å². The fourth-order valence-electron chi connectivity index (χ4n) is 3.55. The molecule has 1 aliphatic carbocycles. The zero-order valence-electron chi connectivity index (χ0n) is 13.8. The Bertz CT molecular complexity index is 704. The number of carbonyl (C=O) groups is 1. The number of pyridine rings is 1. The summed E-state index contributed by atoms with van der Waals surface area (Å²) in [6, 6.07) is 1.81. The van der Waals surface area contributed by atoms with Crippen LogP contribution in [0.15, 0.2) is 10.6 Å². The maximum absolute atomic E-state index is 12.8. The number of aryl methyl sites for hydroxylation is 2. The molecule has 2 aromatic heterocycles. The predicted molar refractivity (Wildman–Crippen MR) is 88.2 cm³/mol. The van der Waals surface area contributed by atoms with Crippen LogP contribution in [0, 0.1) is 19.8 Å². The van der Waals surface area contributed by atoms with Gasteiger partial charge < -0.3 is 15.6 Å². The second-order valence-electron chi connectivity index (χ2n) is 6.47. The molecule has 6 nitrogen and oxygen atoms in total. The van der Waals surface area contributed by atoms with Crippen LogP contribution in [0.1, 0.15) is 53.8 Å². The van der Waals surface area contributed by atoms with Crippen molar-refractivity contribution < 1.29 is 9.32 Å². The van der Waals surface area contributed by atoms with E-state index in [4.69, 9.17) is 10.3 Å². The van der Waals surface area contributed by atoms with E-state index in [1.54, 1.807) is 6.07 Å². The lowest BCUT2D eigenvalue weighted by Crippen LogP contribution is -2.46. The average Bonchev–Trinajstić information content (AvgIpc) is 2.93. The summed E-state index contributed by atoms with van der Waals surface area (Å²) in [7, 11) is 0. The number of fused-ring (bicyclic) bond motifs is 1. The molecule has 0 saturated heterocycles. The molecule has 1 atom stereocenters. The summed E-state index contributed by atoms with van der Waals surface area (Å²) < 4.78 is 5.20. The fraction of sp³-hybridized carbons (Fsp3) is 0.588. The number of carbonyl (C=O) groups excluding carboxylic acids is 1. The van der Waals surface area contributed by atoms with E-state index < -0.39 is 0 Å². The van der Waals surface area contributed by atoms with Crippen LogP contribution in [0.3, 0.4) is 0 Å². The molecular weight excluding hydrogens is 292 g/mol. The van der Waals surface area contributed by atoms with Crippen molar-refractivity contribution >= 4 is 17.0 Å². The van der Waals surface area contributed by atoms with E-state index in [1.807, 2.05) is 13.8 Å². The minimum Gasteiger partial charge on any atom is -0.348 e. The molecule has 1 amide bonds. The van der Waals surface area contributed by atoms with Gasteiger partial charge in [-0.25, -0.2) is 4.98 Å². The van der Waals surface area contributed by atoms with E-state index >= 15 is 0 Å². The van der Waals surface area contributed by atoms with Gasteiger partial charge in [-0.1, -0.05) is 24.4 Å². The standard InChI is InChI=1S/C17H24N4O2/c1-10-8-13(15-11(2)21-23-17(15)19-10)16(22)20-14(9-18)12-6-4-3-5-7-12/h8,12,14H,3-7,9,18H2,1-2H3,(H,20,22). The minimum absolute atomic E-state index is 0.0199. The number of hydrogen-bond donors (Lipinski definition) is 2. The largest absolute Gasteiger partial charge is 0.348 e. The van der Waals surface area contributed by atoms with Crippen LogP contribution in [0.2, 0.25) is 0 Å². The predicted octanol–water partition coefficient (Wildman–Crippen LogP) is 2.48. The van der Waals surface area contributed by atoms with Crippen LogP contribution in [0.25, 0.3) is 11.1 Å². The lowest BCUT2D eigenvalue weighted by atomic mass is 9.84. The molecular formula is C17H24N4O2. The van der Waals surface area contributed by atoms with E-state index in [-0.39, 0.29) is 11.9 Å². The molecule has 2 heterocycles. The Hall–Kier alpha value is -1.95. The monoisotopic (exact) mass is 316 g/mol. The average molecular weight is 316 g/mol. The molecule has 6 heteroatoms. The molecule has 0 bridgehead atoms. The Kier molecular flexibility index (Phi) is 4.61. The van der Waals surface area contributed by atoms with Crippen molar-refractivity contribution in [3.63, 3.8) is 0 Å². The molecule has 1 fully saturated rings. The van der Waals surface area contributed by atoms with E-state index in [2.05, 4.69) is 15.5 Å². The molecule has 1 unspecified atom stereocenters. The molecule has 0 aliphatic heterocycles. The Morgan fingerprint density at radius 3 is 2.83 bits per heavy atom. The van der Waals surface area contributed by atoms with E-state index in [9.17, 15) is 4.79 Å². The molecule has 3 N–H and O–H groups in total. The SMILES string of the molecule is Cc1cc(C(=O)NC(CN)C2CCCCC2)c2c(C)noc2n1. The van der Waals surface area contributed by atoms with Gasteiger partial charge in [0.05, 0.1) is 16.6 Å². The van der Waals surface area contributed by atoms with Gasteiger partial charge >= 0.3 is 0 Å². The van der Waals surface area contributed by atoms with Crippen LogP contribution >= 0.6 is 0 Å². The second kappa shape index (κ2) is 6.66. The molecule has 1 saturated carbocycles. The molecule has 0 spiro atoms. The molecule has 0 aromatic carbocycles. The zero-order chi connectivity index (χ0) is 16.4. The third-order valence-electron chi connectivity index (χ3n) is 4.78. The Labute approximate surface area is 135 Å². The lowest BCUT2D eigenvalue weighted by molar-refractivity contribution is 0.0917. The maximum Gasteiger partial charge on any atom is 0.258 e. The minimum atomic E-state index is -0.118. The van der Waals surface area contributed by atoms with Crippen molar-refractivity contribution in [2.75, 3.05) is 6.54 Å². The van der Waals surface area contributed by atoms with Gasteiger partial charge in [0.1, 0.15) is 0 Å². The fourth-order valence-corrected chi connectivity index (χ4v) is 3.55. The molecule has 124 valence electrons. The topological polar surface area (TPSA) is 94.0 Å². The van der Waals surface area contributed by atoms with Gasteiger partial charge in [0.15, 0.2) is 0 Å². The highest BCUT2D eigenvalue weighted by atomic mass is 16.5. The normalized spacial score (nSPS) is 17.3. The summed E-state index contributed by atoms with van der Waals surface area (Å²) in [5.41, 5.74) is 8.32. The Balaban J connectivity index is 1.86. The third kappa shape index (κ3) is 3.22. The van der Waals surface area contributed by atoms with Crippen LogP contribution < -0.4 is 11.1 Å². The van der Waals surface area contributed by atoms with Gasteiger partial charge in [0, 0.05) is 18.3 Å². The van der Waals surface area contributed by atoms with Crippen LogP contribution in [-0.2, 0) is 0 Å². The third-order valence-corrected chi connectivity index (χ3v) is 4.78. The number of nitrogens with two attached hydrogens (primary N) is 1. The molecule has 23 heavy (non-hydrogen) atoms. The van der Waals surface area contributed by atoms with Gasteiger partial charge in [-0.3, -0.25) is 4.79 Å². The van der Waals surface area contributed by atoms with Gasteiger partial charge in [0.2, 0.25) is 0 Å². The first-order valence-corrected chi connectivity index (χ1v) is 8.34. The summed E-state index contributed by atoms with van der Waals surface area (Å²) in [6.07, 6.45) is 6.01. The first-order valence-electron chi connectivity index (χ1n) is 8.34. The van der Waals surface area contributed by atoms with Crippen LogP contribution in [0.4, 0.5) is 0 Å². The number of amides is 1. The van der Waals surface area contributed by atoms with Crippen molar-refractivity contribution in [2.45, 2.75) is 52.0 Å². The van der Waals surface area contributed by atoms with Gasteiger partial charge in [0.25, 0.3) is 11.6 Å². The van der Waals surface area contributed by atoms with Gasteiger partial charge in [-0.05, 0) is 38.7 Å². The van der Waals surface area contributed by atoms with Crippen molar-refractivity contribution in [1.29, 1.82) is 0 Å². The molecule has 2 aromatic rings. The lowest BCUT2D eigenvalue weighted by Gasteiger charge is -2.30. The highest BCUT2D eigenvalue weighted by Crippen LogP contribution is 2.27. The molecule has 3 rings (SSSR count). The number of nitrogens with one attached hydrogen (secondary N) is 1. The number of rotatable bonds is 4. The summed E-state index contributed by atoms with van der Waals surface area (Å²) in [5.74, 6) is 0.354. The summed E-state index contributed by atoms with van der Waals surface area (Å²) in [6.45, 7) is 4.13. The molecule has 1 aliphatic rings. The number of nitrogens with zero attached hydrogens (tertiary/aromatic N) is 2. The summed E-state index contributed by atoms with van der Waals surface area (Å²) in [5, 5.41) is 7.74. The van der Waals surface area contributed by atoms with Crippen LogP contribution in [-0.4, -0.2) is 28.6 Å². The first kappa shape index (κ1) is 15.9. The quantitative estimate of drug-likeness (QED) is 0.903. The van der Waals surface area contributed by atoms with E-state index in [0.717, 1.165) is 18.5 Å². The summed E-state index contributed by atoms with van der Waals surface area (Å²) >= 11 is 0. The van der Waals surface area contributed by atoms with E-state index in [1.165, 1.54) is 19.3 Å². The van der Waals surface area contributed by atoms with Gasteiger partial charge in [-0.2, -0.15) is 0 Å². The van der Waals surface area contributed by atoms with Crippen LogP contribution in [0.5, 0.6) is 0 Å². The van der Waals surface area contributed by atoms with Crippen molar-refractivity contribution in [1.82, 2.24) is 15.5 Å². The Morgan fingerprint density at radius 2 is 2.13 bits per heavy atom. The maximum atomic E-state index is 12.8. The second-order valence-corrected chi connectivity index (χ2v) is 6.47.